The van der Waals surface area contributed by atoms with E-state index in [2.05, 4.69) is 22.9 Å². The summed E-state index contributed by atoms with van der Waals surface area (Å²) in [5, 5.41) is 0.403. The van der Waals surface area contributed by atoms with Crippen LogP contribution in [0.25, 0.3) is 11.0 Å². The van der Waals surface area contributed by atoms with Crippen molar-refractivity contribution < 1.29 is 28.2 Å². The standard InChI is InChI=1S/C31H28BrNO7/c1-3-5-12-37-23-10-7-19(14-26(23)36-4-2)28-27-29(34)21-15-20(32)8-11-22(21)40-30(27)31(35)33(28)16-18-6-9-24-25(13-18)39-17-38-24/h6-11,13-15,28H,3-5,12,16-17H2,1-2H3. The molecule has 1 amide bonds. The van der Waals surface area contributed by atoms with E-state index in [1.807, 2.05) is 43.3 Å². The van der Waals surface area contributed by atoms with Gasteiger partial charge in [0.1, 0.15) is 5.58 Å². The van der Waals surface area contributed by atoms with Gasteiger partial charge in [0.2, 0.25) is 12.6 Å². The van der Waals surface area contributed by atoms with Gasteiger partial charge in [-0.3, -0.25) is 9.59 Å². The van der Waals surface area contributed by atoms with E-state index in [4.69, 9.17) is 23.4 Å². The van der Waals surface area contributed by atoms with Gasteiger partial charge in [0, 0.05) is 11.0 Å². The third kappa shape index (κ3) is 4.68. The molecule has 4 aromatic rings. The van der Waals surface area contributed by atoms with Crippen LogP contribution in [0, 0.1) is 0 Å². The first kappa shape index (κ1) is 26.3. The largest absolute Gasteiger partial charge is 0.490 e. The maximum atomic E-state index is 14.0. The molecule has 40 heavy (non-hydrogen) atoms. The summed E-state index contributed by atoms with van der Waals surface area (Å²) in [4.78, 5) is 29.5. The predicted molar refractivity (Wildman–Crippen MR) is 152 cm³/mol. The normalized spacial score (nSPS) is 15.5. The monoisotopic (exact) mass is 605 g/mol. The number of benzene rings is 3. The summed E-state index contributed by atoms with van der Waals surface area (Å²) < 4.78 is 29.8. The van der Waals surface area contributed by atoms with Crippen molar-refractivity contribution in [1.29, 1.82) is 0 Å². The van der Waals surface area contributed by atoms with Crippen LogP contribution in [0.5, 0.6) is 23.0 Å². The van der Waals surface area contributed by atoms with Crippen LogP contribution in [0.15, 0.2) is 68.3 Å². The molecule has 2 aliphatic rings. The molecule has 0 spiro atoms. The van der Waals surface area contributed by atoms with Gasteiger partial charge in [0.15, 0.2) is 28.4 Å². The zero-order valence-corrected chi connectivity index (χ0v) is 23.8. The molecule has 3 heterocycles. The average molecular weight is 606 g/mol. The third-order valence-electron chi connectivity index (χ3n) is 7.06. The second kappa shape index (κ2) is 10.9. The van der Waals surface area contributed by atoms with E-state index >= 15 is 0 Å². The maximum Gasteiger partial charge on any atom is 0.291 e. The van der Waals surface area contributed by atoms with Crippen molar-refractivity contribution in [1.82, 2.24) is 4.90 Å². The van der Waals surface area contributed by atoms with Crippen LogP contribution in [-0.2, 0) is 6.54 Å². The van der Waals surface area contributed by atoms with E-state index in [9.17, 15) is 9.59 Å². The second-order valence-corrected chi connectivity index (χ2v) is 10.6. The zero-order valence-electron chi connectivity index (χ0n) is 22.2. The molecule has 6 rings (SSSR count). The van der Waals surface area contributed by atoms with Crippen molar-refractivity contribution in [3.8, 4) is 23.0 Å². The Morgan fingerprint density at radius 1 is 0.950 bits per heavy atom. The fourth-order valence-electron chi connectivity index (χ4n) is 5.15. The van der Waals surface area contributed by atoms with E-state index in [-0.39, 0.29) is 30.4 Å². The number of unbranched alkanes of at least 4 members (excludes halogenated alkanes) is 1. The van der Waals surface area contributed by atoms with E-state index in [1.54, 1.807) is 23.1 Å². The molecule has 8 nitrogen and oxygen atoms in total. The van der Waals surface area contributed by atoms with Crippen LogP contribution >= 0.6 is 15.9 Å². The van der Waals surface area contributed by atoms with Gasteiger partial charge in [0.25, 0.3) is 5.91 Å². The number of amides is 1. The minimum absolute atomic E-state index is 0.0480. The van der Waals surface area contributed by atoms with Crippen LogP contribution in [0.1, 0.15) is 60.0 Å². The van der Waals surface area contributed by atoms with Crippen LogP contribution in [0.3, 0.4) is 0 Å². The van der Waals surface area contributed by atoms with Crippen molar-refractivity contribution in [2.75, 3.05) is 20.0 Å². The van der Waals surface area contributed by atoms with Crippen molar-refractivity contribution in [2.45, 2.75) is 39.3 Å². The second-order valence-electron chi connectivity index (χ2n) is 9.68. The van der Waals surface area contributed by atoms with E-state index in [0.717, 1.165) is 28.4 Å². The smallest absolute Gasteiger partial charge is 0.291 e. The van der Waals surface area contributed by atoms with Crippen LogP contribution in [0.4, 0.5) is 0 Å². The number of rotatable bonds is 9. The Hall–Kier alpha value is -3.98. The number of halogens is 1. The molecule has 3 aromatic carbocycles. The molecule has 0 radical (unpaired) electrons. The minimum Gasteiger partial charge on any atom is -0.490 e. The molecule has 0 fully saturated rings. The molecule has 0 aliphatic carbocycles. The molecule has 0 bridgehead atoms. The first-order valence-electron chi connectivity index (χ1n) is 13.3. The van der Waals surface area contributed by atoms with Gasteiger partial charge in [-0.2, -0.15) is 0 Å². The van der Waals surface area contributed by atoms with Gasteiger partial charge < -0.3 is 28.3 Å². The minimum atomic E-state index is -0.698. The summed E-state index contributed by atoms with van der Waals surface area (Å²) in [5.41, 5.74) is 1.97. The zero-order chi connectivity index (χ0) is 27.8. The molecule has 0 saturated heterocycles. The van der Waals surface area contributed by atoms with Gasteiger partial charge >= 0.3 is 0 Å². The number of hydrogen-bond acceptors (Lipinski definition) is 7. The summed E-state index contributed by atoms with van der Waals surface area (Å²) in [6.45, 7) is 5.40. The highest BCUT2D eigenvalue weighted by Crippen LogP contribution is 2.43. The fraction of sp³-hybridized carbons (Fsp3) is 0.290. The summed E-state index contributed by atoms with van der Waals surface area (Å²) in [5.74, 6) is 2.15. The summed E-state index contributed by atoms with van der Waals surface area (Å²) >= 11 is 3.45. The number of nitrogens with zero attached hydrogens (tertiary/aromatic N) is 1. The number of ether oxygens (including phenoxy) is 4. The van der Waals surface area contributed by atoms with E-state index < -0.39 is 6.04 Å². The van der Waals surface area contributed by atoms with Crippen molar-refractivity contribution in [3.63, 3.8) is 0 Å². The molecule has 206 valence electrons. The van der Waals surface area contributed by atoms with Gasteiger partial charge in [-0.25, -0.2) is 0 Å². The Morgan fingerprint density at radius 3 is 2.62 bits per heavy atom. The topological polar surface area (TPSA) is 87.4 Å². The van der Waals surface area contributed by atoms with Crippen LogP contribution in [0.2, 0.25) is 0 Å². The average Bonchev–Trinajstić information content (AvgIpc) is 3.53. The van der Waals surface area contributed by atoms with Crippen molar-refractivity contribution in [2.24, 2.45) is 0 Å². The maximum absolute atomic E-state index is 14.0. The molecule has 1 aromatic heterocycles. The Morgan fingerprint density at radius 2 is 1.80 bits per heavy atom. The van der Waals surface area contributed by atoms with Crippen LogP contribution < -0.4 is 24.4 Å². The molecule has 1 atom stereocenters. The lowest BCUT2D eigenvalue weighted by atomic mass is 9.97. The molecular formula is C31H28BrNO7. The Bertz CT molecular complexity index is 1660. The quantitative estimate of drug-likeness (QED) is 0.198. The van der Waals surface area contributed by atoms with Crippen molar-refractivity contribution in [3.05, 3.63) is 91.7 Å². The Labute approximate surface area is 239 Å². The number of carbonyl (C=O) groups is 1. The van der Waals surface area contributed by atoms with Crippen LogP contribution in [-0.4, -0.2) is 30.8 Å². The fourth-order valence-corrected chi connectivity index (χ4v) is 5.51. The van der Waals surface area contributed by atoms with Gasteiger partial charge in [-0.15, -0.1) is 0 Å². The Balaban J connectivity index is 1.48. The first-order chi connectivity index (χ1) is 19.5. The summed E-state index contributed by atoms with van der Waals surface area (Å²) in [6.07, 6.45) is 1.93. The predicted octanol–water partition coefficient (Wildman–Crippen LogP) is 6.61. The lowest BCUT2D eigenvalue weighted by Crippen LogP contribution is -2.29. The first-order valence-corrected chi connectivity index (χ1v) is 14.1. The molecule has 1 unspecified atom stereocenters. The van der Waals surface area contributed by atoms with E-state index in [0.29, 0.717) is 52.7 Å². The summed E-state index contributed by atoms with van der Waals surface area (Å²) in [6, 6.07) is 15.7. The third-order valence-corrected chi connectivity index (χ3v) is 7.55. The van der Waals surface area contributed by atoms with Gasteiger partial charge in [-0.1, -0.05) is 41.4 Å². The highest BCUT2D eigenvalue weighted by molar-refractivity contribution is 9.10. The Kier molecular flexibility index (Phi) is 7.14. The lowest BCUT2D eigenvalue weighted by Gasteiger charge is -2.26. The highest BCUT2D eigenvalue weighted by atomic mass is 79.9. The summed E-state index contributed by atoms with van der Waals surface area (Å²) in [7, 11) is 0. The molecule has 9 heteroatoms. The molecule has 0 N–H and O–H groups in total. The molecule has 2 aliphatic heterocycles. The van der Waals surface area contributed by atoms with E-state index in [1.165, 1.54) is 0 Å². The SMILES string of the molecule is CCCCOc1ccc(C2c3c(oc4ccc(Br)cc4c3=O)C(=O)N2Cc2ccc3c(c2)OCO3)cc1OCC. The highest BCUT2D eigenvalue weighted by Gasteiger charge is 2.43. The van der Waals surface area contributed by atoms with Gasteiger partial charge in [-0.05, 0) is 66.9 Å². The van der Waals surface area contributed by atoms with Gasteiger partial charge in [0.05, 0.1) is 30.2 Å². The molecular weight excluding hydrogens is 578 g/mol. The lowest BCUT2D eigenvalue weighted by molar-refractivity contribution is 0.0714. The number of carbonyl (C=O) groups excluding carboxylic acids is 1. The van der Waals surface area contributed by atoms with Crippen molar-refractivity contribution >= 4 is 32.8 Å². The molecule has 0 saturated carbocycles. The number of fused-ring (bicyclic) bond motifs is 3. The number of hydrogen-bond donors (Lipinski definition) is 0.